The first-order chi connectivity index (χ1) is 10.6. The molecule has 2 heterocycles. The van der Waals surface area contributed by atoms with Crippen LogP contribution in [0.25, 0.3) is 27.5 Å². The molecule has 2 aromatic carbocycles. The lowest BCUT2D eigenvalue weighted by atomic mass is 10.1. The second-order valence-electron chi connectivity index (χ2n) is 5.27. The summed E-state index contributed by atoms with van der Waals surface area (Å²) in [6, 6.07) is 12.0. The number of aromatic amines is 1. The Bertz CT molecular complexity index is 1080. The number of aromatic nitrogens is 3. The Morgan fingerprint density at radius 1 is 1.14 bits per heavy atom. The van der Waals surface area contributed by atoms with Gasteiger partial charge in [-0.1, -0.05) is 23.8 Å². The van der Waals surface area contributed by atoms with E-state index in [1.165, 1.54) is 16.9 Å². The Kier molecular flexibility index (Phi) is 2.63. The number of nitrogens with zero attached hydrogens (tertiary/aromatic N) is 2. The predicted octanol–water partition coefficient (Wildman–Crippen LogP) is 3.31. The fraction of sp³-hybridized carbons (Fsp3) is 0.0588. The monoisotopic (exact) mass is 293 g/mol. The molecule has 4 rings (SSSR count). The molecule has 0 aliphatic carbocycles. The van der Waals surface area contributed by atoms with Crippen LogP contribution in [0.5, 0.6) is 0 Å². The molecule has 108 valence electrons. The van der Waals surface area contributed by atoms with Gasteiger partial charge in [-0.2, -0.15) is 0 Å². The summed E-state index contributed by atoms with van der Waals surface area (Å²) in [4.78, 5) is 16.8. The molecule has 0 aliphatic rings. The number of benzene rings is 2. The van der Waals surface area contributed by atoms with E-state index in [9.17, 15) is 9.18 Å². The highest BCUT2D eigenvalue weighted by molar-refractivity contribution is 6.02. The maximum Gasteiger partial charge on any atom is 0.280 e. The zero-order valence-corrected chi connectivity index (χ0v) is 11.8. The van der Waals surface area contributed by atoms with Gasteiger partial charge in [0.2, 0.25) is 0 Å². The smallest absolute Gasteiger partial charge is 0.280 e. The SMILES string of the molecule is Cc1ccc2ncc3c(=O)n(-c4ccccc4F)[nH]c3c2c1. The van der Waals surface area contributed by atoms with E-state index in [4.69, 9.17) is 0 Å². The van der Waals surface area contributed by atoms with Crippen LogP contribution in [0.15, 0.2) is 53.5 Å². The Balaban J connectivity index is 2.13. The largest absolute Gasteiger partial charge is 0.289 e. The van der Waals surface area contributed by atoms with Crippen molar-refractivity contribution in [3.05, 3.63) is 70.4 Å². The minimum absolute atomic E-state index is 0.199. The number of H-pyrrole nitrogens is 1. The normalized spacial score (nSPS) is 11.4. The van der Waals surface area contributed by atoms with Crippen LogP contribution >= 0.6 is 0 Å². The number of hydrogen-bond acceptors (Lipinski definition) is 2. The zero-order chi connectivity index (χ0) is 15.3. The number of halogens is 1. The van der Waals surface area contributed by atoms with E-state index in [1.807, 2.05) is 25.1 Å². The number of pyridine rings is 1. The van der Waals surface area contributed by atoms with Crippen molar-refractivity contribution in [3.63, 3.8) is 0 Å². The number of hydrogen-bond donors (Lipinski definition) is 1. The topological polar surface area (TPSA) is 50.7 Å². The van der Waals surface area contributed by atoms with Gasteiger partial charge in [-0.3, -0.25) is 14.9 Å². The standard InChI is InChI=1S/C17H12FN3O/c1-10-6-7-14-11(8-10)16-12(9-19-14)17(22)21(20-16)15-5-3-2-4-13(15)18/h2-9,20H,1H3. The van der Waals surface area contributed by atoms with Crippen molar-refractivity contribution in [2.45, 2.75) is 6.92 Å². The lowest BCUT2D eigenvalue weighted by Gasteiger charge is -2.02. The summed E-state index contributed by atoms with van der Waals surface area (Å²) in [5.74, 6) is -0.454. The van der Waals surface area contributed by atoms with Gasteiger partial charge in [0.1, 0.15) is 11.5 Å². The molecule has 0 amide bonds. The second kappa shape index (κ2) is 4.53. The highest BCUT2D eigenvalue weighted by Gasteiger charge is 2.14. The van der Waals surface area contributed by atoms with Crippen molar-refractivity contribution in [1.82, 2.24) is 14.8 Å². The van der Waals surface area contributed by atoms with E-state index in [2.05, 4.69) is 10.1 Å². The fourth-order valence-corrected chi connectivity index (χ4v) is 2.67. The fourth-order valence-electron chi connectivity index (χ4n) is 2.67. The predicted molar refractivity (Wildman–Crippen MR) is 83.9 cm³/mol. The molecule has 22 heavy (non-hydrogen) atoms. The number of rotatable bonds is 1. The van der Waals surface area contributed by atoms with Gasteiger partial charge >= 0.3 is 0 Å². The van der Waals surface area contributed by atoms with Crippen LogP contribution in [-0.2, 0) is 0 Å². The molecule has 1 N–H and O–H groups in total. The van der Waals surface area contributed by atoms with Crippen molar-refractivity contribution < 1.29 is 4.39 Å². The van der Waals surface area contributed by atoms with E-state index < -0.39 is 5.82 Å². The highest BCUT2D eigenvalue weighted by Crippen LogP contribution is 2.22. The minimum Gasteiger partial charge on any atom is -0.289 e. The molecule has 4 aromatic rings. The van der Waals surface area contributed by atoms with Gasteiger partial charge in [0, 0.05) is 11.6 Å². The van der Waals surface area contributed by atoms with Gasteiger partial charge in [0.15, 0.2) is 0 Å². The molecule has 0 bridgehead atoms. The number of fused-ring (bicyclic) bond motifs is 3. The summed E-state index contributed by atoms with van der Waals surface area (Å²) in [5, 5.41) is 4.31. The third-order valence-corrected chi connectivity index (χ3v) is 3.77. The molecule has 0 saturated heterocycles. The molecule has 0 unspecified atom stereocenters. The van der Waals surface area contributed by atoms with Crippen LogP contribution in [-0.4, -0.2) is 14.8 Å². The summed E-state index contributed by atoms with van der Waals surface area (Å²) in [5.41, 5.74) is 2.42. The van der Waals surface area contributed by atoms with E-state index in [0.717, 1.165) is 16.5 Å². The minimum atomic E-state index is -0.454. The van der Waals surface area contributed by atoms with Gasteiger partial charge < -0.3 is 0 Å². The molecule has 2 aromatic heterocycles. The van der Waals surface area contributed by atoms with Gasteiger partial charge in [-0.05, 0) is 31.2 Å². The average molecular weight is 293 g/mol. The van der Waals surface area contributed by atoms with Crippen LogP contribution in [0.3, 0.4) is 0 Å². The first kappa shape index (κ1) is 12.8. The number of nitrogens with one attached hydrogen (secondary N) is 1. The Morgan fingerprint density at radius 2 is 1.95 bits per heavy atom. The molecule has 0 spiro atoms. The van der Waals surface area contributed by atoms with Crippen LogP contribution in [0.1, 0.15) is 5.56 Å². The Hall–Kier alpha value is -2.95. The average Bonchev–Trinajstić information content (AvgIpc) is 2.85. The van der Waals surface area contributed by atoms with Gasteiger partial charge in [0.25, 0.3) is 5.56 Å². The third kappa shape index (κ3) is 1.75. The number of aryl methyl sites for hydroxylation is 1. The summed E-state index contributed by atoms with van der Waals surface area (Å²) >= 11 is 0. The third-order valence-electron chi connectivity index (χ3n) is 3.77. The zero-order valence-electron chi connectivity index (χ0n) is 11.8. The molecule has 0 fully saturated rings. The summed E-state index contributed by atoms with van der Waals surface area (Å²) in [6.07, 6.45) is 1.53. The maximum absolute atomic E-state index is 14.0. The van der Waals surface area contributed by atoms with Crippen LogP contribution < -0.4 is 5.56 Å². The number of para-hydroxylation sites is 1. The maximum atomic E-state index is 14.0. The summed E-state index contributed by atoms with van der Waals surface area (Å²) < 4.78 is 15.2. The van der Waals surface area contributed by atoms with Crippen molar-refractivity contribution in [2.24, 2.45) is 0 Å². The quantitative estimate of drug-likeness (QED) is 0.585. The Morgan fingerprint density at radius 3 is 2.77 bits per heavy atom. The van der Waals surface area contributed by atoms with Gasteiger partial charge in [0.05, 0.1) is 16.4 Å². The van der Waals surface area contributed by atoms with Gasteiger partial charge in [-0.25, -0.2) is 9.07 Å². The molecular formula is C17H12FN3O. The molecule has 4 nitrogen and oxygen atoms in total. The first-order valence-corrected chi connectivity index (χ1v) is 6.90. The van der Waals surface area contributed by atoms with E-state index in [-0.39, 0.29) is 11.2 Å². The summed E-state index contributed by atoms with van der Waals surface area (Å²) in [7, 11) is 0. The highest BCUT2D eigenvalue weighted by atomic mass is 19.1. The molecular weight excluding hydrogens is 281 g/mol. The van der Waals surface area contributed by atoms with Crippen molar-refractivity contribution in [3.8, 4) is 5.69 Å². The van der Waals surface area contributed by atoms with Crippen LogP contribution in [0.4, 0.5) is 4.39 Å². The van der Waals surface area contributed by atoms with Crippen molar-refractivity contribution >= 4 is 21.8 Å². The lowest BCUT2D eigenvalue weighted by molar-refractivity contribution is 0.609. The second-order valence-corrected chi connectivity index (χ2v) is 5.27. The first-order valence-electron chi connectivity index (χ1n) is 6.90. The van der Waals surface area contributed by atoms with Crippen molar-refractivity contribution in [2.75, 3.05) is 0 Å². The van der Waals surface area contributed by atoms with Gasteiger partial charge in [-0.15, -0.1) is 0 Å². The van der Waals surface area contributed by atoms with Crippen molar-refractivity contribution in [1.29, 1.82) is 0 Å². The van der Waals surface area contributed by atoms with E-state index in [0.29, 0.717) is 10.9 Å². The van der Waals surface area contributed by atoms with Crippen LogP contribution in [0.2, 0.25) is 0 Å². The molecule has 0 aliphatic heterocycles. The lowest BCUT2D eigenvalue weighted by Crippen LogP contribution is -2.15. The van der Waals surface area contributed by atoms with E-state index in [1.54, 1.807) is 18.2 Å². The molecule has 0 radical (unpaired) electrons. The molecule has 0 atom stereocenters. The molecule has 5 heteroatoms. The van der Waals surface area contributed by atoms with E-state index >= 15 is 0 Å². The Labute approximate surface area is 124 Å². The molecule has 0 saturated carbocycles. The summed E-state index contributed by atoms with van der Waals surface area (Å²) in [6.45, 7) is 1.98. The van der Waals surface area contributed by atoms with Crippen LogP contribution in [0, 0.1) is 12.7 Å².